The van der Waals surface area contributed by atoms with E-state index in [4.69, 9.17) is 17.3 Å². The van der Waals surface area contributed by atoms with E-state index in [1.165, 1.54) is 55.9 Å². The maximum atomic E-state index is 15.2. The van der Waals surface area contributed by atoms with E-state index in [2.05, 4.69) is 78.8 Å². The fourth-order valence-electron chi connectivity index (χ4n) is 13.2. The number of aliphatic hydroxyl groups excluding tert-OH is 1. The third-order valence-corrected chi connectivity index (χ3v) is 19.6. The lowest BCUT2D eigenvalue weighted by atomic mass is 9.99. The predicted octanol–water partition coefficient (Wildman–Crippen LogP) is 3.04. The van der Waals surface area contributed by atoms with Gasteiger partial charge in [0.1, 0.15) is 54.4 Å². The Balaban J connectivity index is 1.15. The van der Waals surface area contributed by atoms with Crippen LogP contribution < -0.4 is 69.5 Å². The number of likely N-dealkylation sites (tertiary alicyclic amines) is 1. The first-order valence-corrected chi connectivity index (χ1v) is 39.6. The fourth-order valence-corrected chi connectivity index (χ4v) is 13.3. The van der Waals surface area contributed by atoms with Gasteiger partial charge in [0.25, 0.3) is 11.8 Å². The molecule has 0 saturated carbocycles. The molecule has 4 heterocycles. The second-order valence-electron chi connectivity index (χ2n) is 29.5. The highest BCUT2D eigenvalue weighted by molar-refractivity contribution is 6.30. The molecule has 7 rings (SSSR count). The van der Waals surface area contributed by atoms with E-state index in [0.717, 1.165) is 10.8 Å². The molecule has 1 fully saturated rings. The van der Waals surface area contributed by atoms with E-state index in [0.29, 0.717) is 53.1 Å². The van der Waals surface area contributed by atoms with Crippen LogP contribution in [0, 0.1) is 5.92 Å². The van der Waals surface area contributed by atoms with Gasteiger partial charge < -0.3 is 79.5 Å². The zero-order valence-corrected chi connectivity index (χ0v) is 66.8. The van der Waals surface area contributed by atoms with Gasteiger partial charge in [-0.2, -0.15) is 0 Å². The van der Waals surface area contributed by atoms with Gasteiger partial charge in [-0.25, -0.2) is 0 Å². The molecule has 0 bridgehead atoms. The molecule has 115 heavy (non-hydrogen) atoms. The van der Waals surface area contributed by atoms with Crippen molar-refractivity contribution in [2.24, 2.45) is 11.7 Å². The normalized spacial score (nSPS) is 14.9. The number of nitrogens with zero attached hydrogens (tertiary/aromatic N) is 4. The number of carbonyl (C=O) groups is 13. The number of hydrogen-bond acceptors (Lipinski definition) is 19. The highest BCUT2D eigenvalue weighted by atomic mass is 35.5. The number of aromatic nitrogens is 3. The first-order chi connectivity index (χ1) is 55.2. The number of aliphatic hydroxyl groups is 1. The molecule has 1 aliphatic heterocycles. The summed E-state index contributed by atoms with van der Waals surface area (Å²) in [6, 6.07) is 16.1. The summed E-state index contributed by atoms with van der Waals surface area (Å²) < 4.78 is 0. The predicted molar refractivity (Wildman–Crippen MR) is 433 cm³/mol. The lowest BCUT2D eigenvalue weighted by molar-refractivity contribution is -0.142. The Labute approximate surface area is 675 Å². The monoisotopic (exact) mass is 1600 g/mol. The van der Waals surface area contributed by atoms with Crippen molar-refractivity contribution in [3.8, 4) is 0 Å². The molecule has 32 heteroatoms. The second-order valence-corrected chi connectivity index (χ2v) is 29.9. The molecule has 3 aromatic carbocycles. The van der Waals surface area contributed by atoms with Crippen molar-refractivity contribution in [1.29, 1.82) is 0 Å². The number of nitrogens with two attached hydrogens (primary N) is 1. The number of amides is 12. The average molecular weight is 1610 g/mol. The van der Waals surface area contributed by atoms with E-state index in [1.807, 2.05) is 70.2 Å². The second kappa shape index (κ2) is 47.5. The largest absolute Gasteiger partial charge is 0.394 e. The highest BCUT2D eigenvalue weighted by Crippen LogP contribution is 2.23. The number of Topliss-reactive ketones (excluding diaryl/α,β-unsaturated/α-hetero) is 1. The van der Waals surface area contributed by atoms with Crippen molar-refractivity contribution in [3.63, 3.8) is 0 Å². The van der Waals surface area contributed by atoms with Gasteiger partial charge in [0.15, 0.2) is 5.78 Å². The number of benzene rings is 3. The lowest BCUT2D eigenvalue weighted by Crippen LogP contribution is -2.61. The van der Waals surface area contributed by atoms with Crippen LogP contribution in [-0.2, 0) is 72.0 Å². The SMILES string of the molecule is CC(=O)N[C@@H](Cc1ccc2ccccc2c1)C(=O)N[C@@H](Cc1ccc(Cl)cc1)C(=O)N[C@@H](Cc1cccnc1)C(=O)N[C@@H](CO)C(=O)N[C@@H](CCCCNC(=O)c1cccnc1)C(=O)N[C@H](CCCCNC(=O)c1cccnc1)C(=O)N[C@@H](CC(C)C)C(=O)N[C@@H](CCCCNC(C)C)C(=O)N1CCC[C@H]1C(=O)N[C@H](C)C(=O)CN. The van der Waals surface area contributed by atoms with E-state index >= 15 is 9.59 Å². The van der Waals surface area contributed by atoms with Crippen molar-refractivity contribution >= 4 is 99.0 Å². The van der Waals surface area contributed by atoms with Crippen molar-refractivity contribution in [1.82, 2.24) is 83.7 Å². The molecule has 0 radical (unpaired) electrons. The van der Waals surface area contributed by atoms with Crippen LogP contribution in [0.3, 0.4) is 0 Å². The number of nitrogens with one attached hydrogen (secondary N) is 12. The molecule has 1 aliphatic rings. The minimum Gasteiger partial charge on any atom is -0.394 e. The number of halogens is 1. The zero-order valence-electron chi connectivity index (χ0n) is 66.1. The van der Waals surface area contributed by atoms with E-state index in [9.17, 15) is 57.8 Å². The van der Waals surface area contributed by atoms with Crippen LogP contribution in [0.5, 0.6) is 0 Å². The molecule has 12 amide bonds. The Kier molecular flexibility index (Phi) is 37.6. The Morgan fingerprint density at radius 3 is 1.47 bits per heavy atom. The molecule has 0 spiro atoms. The Bertz CT molecular complexity index is 4220. The molecule has 31 nitrogen and oxygen atoms in total. The molecule has 10 atom stereocenters. The lowest BCUT2D eigenvalue weighted by Gasteiger charge is -2.31. The van der Waals surface area contributed by atoms with Crippen LogP contribution >= 0.6 is 11.6 Å². The number of pyridine rings is 3. The van der Waals surface area contributed by atoms with Crippen molar-refractivity contribution < 1.29 is 67.4 Å². The molecule has 0 aliphatic carbocycles. The Morgan fingerprint density at radius 2 is 0.948 bits per heavy atom. The first-order valence-electron chi connectivity index (χ1n) is 39.3. The summed E-state index contributed by atoms with van der Waals surface area (Å²) in [6.07, 6.45) is 10.9. The quantitative estimate of drug-likeness (QED) is 0.0244. The third kappa shape index (κ3) is 30.6. The van der Waals surface area contributed by atoms with E-state index in [1.54, 1.807) is 60.7 Å². The van der Waals surface area contributed by atoms with E-state index < -0.39 is 144 Å². The summed E-state index contributed by atoms with van der Waals surface area (Å²) in [4.78, 5) is 198. The molecule has 1 saturated heterocycles. The number of unbranched alkanes of at least 4 members (excludes halogenated alkanes) is 3. The van der Waals surface area contributed by atoms with Crippen molar-refractivity contribution in [2.75, 3.05) is 39.3 Å². The number of rotatable bonds is 47. The maximum Gasteiger partial charge on any atom is 0.252 e. The Hall–Kier alpha value is -11.1. The van der Waals surface area contributed by atoms with Crippen LogP contribution in [-0.4, -0.2) is 207 Å². The topological polar surface area (TPSA) is 454 Å². The van der Waals surface area contributed by atoms with Gasteiger partial charge in [-0.1, -0.05) is 100.0 Å². The zero-order chi connectivity index (χ0) is 83.3. The summed E-state index contributed by atoms with van der Waals surface area (Å²) in [5.41, 5.74) is 7.86. The molecular formula is C83H110ClN17O14. The summed E-state index contributed by atoms with van der Waals surface area (Å²) in [5.74, 6) is -9.32. The average Bonchev–Trinajstić information content (AvgIpc) is 1.74. The van der Waals surface area contributed by atoms with Crippen LogP contribution in [0.25, 0.3) is 10.8 Å². The molecule has 3 aromatic heterocycles. The van der Waals surface area contributed by atoms with Gasteiger partial charge in [-0.15, -0.1) is 0 Å². The van der Waals surface area contributed by atoms with Gasteiger partial charge >= 0.3 is 0 Å². The highest BCUT2D eigenvalue weighted by Gasteiger charge is 2.40. The maximum absolute atomic E-state index is 15.2. The van der Waals surface area contributed by atoms with Gasteiger partial charge in [0.2, 0.25) is 59.1 Å². The minimum absolute atomic E-state index is 0.0278. The smallest absolute Gasteiger partial charge is 0.252 e. The third-order valence-electron chi connectivity index (χ3n) is 19.4. The standard InChI is InChI=1S/C83H110ClN17O14/c1-51(2)41-66(77(109)96-65(26-11-12-37-89-52(3)4)83(115)101-40-18-27-71(101)82(114)92-53(5)72(104)46-85)97-76(108)64(25-10-14-39-91-74(106)61-23-17-36-88-49-61)94-75(107)63(24-9-13-38-90-73(105)60-22-16-35-87-48-60)95-81(113)70(50-102)100-80(112)69(45-57-19-15-34-86-47-57)99-79(111)68(43-55-29-32-62(84)33-30-55)98-78(110)67(93-54(6)103)44-56-28-31-58-20-7-8-21-59(58)42-56/h7-8,15-17,19-23,28-36,42,47-49,51-53,63-71,89,102H,9-14,18,24-27,37-41,43-46,50,85H2,1-6H3,(H,90,105)(H,91,106)(H,92,114)(H,93,103)(H,94,107)(H,95,113)(H,96,109)(H,97,108)(H,98,110)(H,99,111)(H,100,112)/t53-,63+,64-,65+,66+,67+,68+,69+,70+,71+/m1/s1. The summed E-state index contributed by atoms with van der Waals surface area (Å²) >= 11 is 6.27. The Morgan fingerprint density at radius 1 is 0.487 bits per heavy atom. The number of hydrogen-bond donors (Lipinski definition) is 14. The van der Waals surface area contributed by atoms with Crippen LogP contribution in [0.2, 0.25) is 5.02 Å². The molecule has 6 aromatic rings. The van der Waals surface area contributed by atoms with Crippen molar-refractivity contribution in [3.05, 3.63) is 173 Å². The number of carbonyl (C=O) groups excluding carboxylic acids is 13. The summed E-state index contributed by atoms with van der Waals surface area (Å²) in [7, 11) is 0. The molecule has 0 unspecified atom stereocenters. The van der Waals surface area contributed by atoms with Gasteiger partial charge in [0.05, 0.1) is 30.3 Å². The molecule has 15 N–H and O–H groups in total. The summed E-state index contributed by atoms with van der Waals surface area (Å²) in [5, 5.41) is 46.9. The van der Waals surface area contributed by atoms with Gasteiger partial charge in [-0.3, -0.25) is 77.3 Å². The van der Waals surface area contributed by atoms with Gasteiger partial charge in [-0.05, 0) is 166 Å². The van der Waals surface area contributed by atoms with Gasteiger partial charge in [0, 0.05) is 94.1 Å². The summed E-state index contributed by atoms with van der Waals surface area (Å²) in [6.45, 7) is 10.0. The van der Waals surface area contributed by atoms with Crippen LogP contribution in [0.1, 0.15) is 156 Å². The van der Waals surface area contributed by atoms with E-state index in [-0.39, 0.29) is 121 Å². The van der Waals surface area contributed by atoms with Crippen LogP contribution in [0.4, 0.5) is 0 Å². The molecule has 618 valence electrons. The number of ketones is 1. The van der Waals surface area contributed by atoms with Crippen molar-refractivity contribution in [2.45, 2.75) is 204 Å². The fraction of sp³-hybridized carbons (Fsp3) is 0.470. The van der Waals surface area contributed by atoms with Crippen LogP contribution in [0.15, 0.2) is 140 Å². The first kappa shape index (κ1) is 91.0. The molecular weight excluding hydrogens is 1490 g/mol. The minimum atomic E-state index is -1.83. The number of fused-ring (bicyclic) bond motifs is 1.